The summed E-state index contributed by atoms with van der Waals surface area (Å²) in [6.07, 6.45) is 0.614. The number of aromatic nitrogens is 3. The van der Waals surface area contributed by atoms with E-state index in [0.717, 1.165) is 34.1 Å². The predicted octanol–water partition coefficient (Wildman–Crippen LogP) is 3.93. The van der Waals surface area contributed by atoms with Gasteiger partial charge in [-0.2, -0.15) is 0 Å². The van der Waals surface area contributed by atoms with Crippen LogP contribution in [0.5, 0.6) is 5.75 Å². The van der Waals surface area contributed by atoms with Crippen LogP contribution >= 0.6 is 0 Å². The van der Waals surface area contributed by atoms with Crippen molar-refractivity contribution in [3.05, 3.63) is 70.8 Å². The van der Waals surface area contributed by atoms with Gasteiger partial charge in [-0.1, -0.05) is 30.3 Å². The Bertz CT molecular complexity index is 887. The standard InChI is InChI=1S/C22H27N3O3/c1-16-10-11-17(2)25(16)22-23-18(3)21(20(24-22)12-13-27-15-26-4)28-14-19-8-6-5-7-9-19/h5-11H,12-15H2,1-4H3. The molecule has 0 saturated carbocycles. The lowest BCUT2D eigenvalue weighted by atomic mass is 10.2. The van der Waals surface area contributed by atoms with Gasteiger partial charge in [0.15, 0.2) is 5.75 Å². The molecule has 0 N–H and O–H groups in total. The molecule has 3 aromatic rings. The Morgan fingerprint density at radius 3 is 2.32 bits per heavy atom. The van der Waals surface area contributed by atoms with Gasteiger partial charge in [0.2, 0.25) is 5.95 Å². The van der Waals surface area contributed by atoms with Gasteiger partial charge in [0.25, 0.3) is 0 Å². The van der Waals surface area contributed by atoms with Crippen LogP contribution in [-0.4, -0.2) is 35.0 Å². The average Bonchev–Trinajstić information content (AvgIpc) is 3.03. The Kier molecular flexibility index (Phi) is 6.79. The van der Waals surface area contributed by atoms with Gasteiger partial charge in [0, 0.05) is 24.9 Å². The Hall–Kier alpha value is -2.70. The van der Waals surface area contributed by atoms with Crippen molar-refractivity contribution >= 4 is 0 Å². The molecule has 0 unspecified atom stereocenters. The van der Waals surface area contributed by atoms with Gasteiger partial charge >= 0.3 is 0 Å². The summed E-state index contributed by atoms with van der Waals surface area (Å²) in [7, 11) is 1.61. The molecule has 0 bridgehead atoms. The first-order valence-electron chi connectivity index (χ1n) is 9.36. The second-order valence-corrected chi connectivity index (χ2v) is 6.68. The highest BCUT2D eigenvalue weighted by atomic mass is 16.7. The third-order valence-corrected chi connectivity index (χ3v) is 4.47. The van der Waals surface area contributed by atoms with E-state index in [0.29, 0.717) is 25.6 Å². The second-order valence-electron chi connectivity index (χ2n) is 6.68. The molecule has 2 heterocycles. The molecular formula is C22H27N3O3. The first-order valence-corrected chi connectivity index (χ1v) is 9.36. The summed E-state index contributed by atoms with van der Waals surface area (Å²) in [5.74, 6) is 1.38. The molecule has 2 aromatic heterocycles. The zero-order valence-electron chi connectivity index (χ0n) is 16.9. The van der Waals surface area contributed by atoms with Gasteiger partial charge in [-0.05, 0) is 38.5 Å². The highest BCUT2D eigenvalue weighted by molar-refractivity contribution is 5.38. The molecule has 3 rings (SSSR count). The summed E-state index contributed by atoms with van der Waals surface area (Å²) in [4.78, 5) is 9.53. The van der Waals surface area contributed by atoms with Crippen LogP contribution in [0.15, 0.2) is 42.5 Å². The lowest BCUT2D eigenvalue weighted by Crippen LogP contribution is -2.13. The molecule has 0 spiro atoms. The molecule has 0 radical (unpaired) electrons. The summed E-state index contributed by atoms with van der Waals surface area (Å²) >= 11 is 0. The Morgan fingerprint density at radius 2 is 1.64 bits per heavy atom. The molecule has 0 aliphatic heterocycles. The highest BCUT2D eigenvalue weighted by Gasteiger charge is 2.16. The smallest absolute Gasteiger partial charge is 0.234 e. The van der Waals surface area contributed by atoms with Crippen LogP contribution in [0, 0.1) is 20.8 Å². The lowest BCUT2D eigenvalue weighted by Gasteiger charge is -2.16. The van der Waals surface area contributed by atoms with Gasteiger partial charge in [0.05, 0.1) is 18.0 Å². The zero-order valence-corrected chi connectivity index (χ0v) is 16.9. The molecule has 0 aliphatic rings. The second kappa shape index (κ2) is 9.48. The summed E-state index contributed by atoms with van der Waals surface area (Å²) in [5.41, 5.74) is 4.94. The van der Waals surface area contributed by atoms with Crippen molar-refractivity contribution in [1.82, 2.24) is 14.5 Å². The molecule has 0 amide bonds. The SMILES string of the molecule is COCOCCc1nc(-n2c(C)ccc2C)nc(C)c1OCc1ccccc1. The molecule has 0 fully saturated rings. The monoisotopic (exact) mass is 381 g/mol. The third-order valence-electron chi connectivity index (χ3n) is 4.47. The van der Waals surface area contributed by atoms with Crippen LogP contribution in [0.25, 0.3) is 5.95 Å². The van der Waals surface area contributed by atoms with E-state index in [-0.39, 0.29) is 6.79 Å². The number of ether oxygens (including phenoxy) is 3. The van der Waals surface area contributed by atoms with E-state index in [1.165, 1.54) is 0 Å². The predicted molar refractivity (Wildman–Crippen MR) is 108 cm³/mol. The molecule has 28 heavy (non-hydrogen) atoms. The van der Waals surface area contributed by atoms with Crippen LogP contribution in [-0.2, 0) is 22.5 Å². The fraction of sp³-hybridized carbons (Fsp3) is 0.364. The normalized spacial score (nSPS) is 11.0. The summed E-state index contributed by atoms with van der Waals surface area (Å²) in [6.45, 7) is 7.28. The zero-order chi connectivity index (χ0) is 19.9. The number of aryl methyl sites for hydroxylation is 3. The number of rotatable bonds is 9. The van der Waals surface area contributed by atoms with Gasteiger partial charge in [0.1, 0.15) is 13.4 Å². The molecule has 148 valence electrons. The van der Waals surface area contributed by atoms with E-state index in [4.69, 9.17) is 24.2 Å². The number of nitrogens with zero attached hydrogens (tertiary/aromatic N) is 3. The molecule has 1 aromatic carbocycles. The van der Waals surface area contributed by atoms with Crippen molar-refractivity contribution in [2.75, 3.05) is 20.5 Å². The summed E-state index contributed by atoms with van der Waals surface area (Å²) in [5, 5.41) is 0. The minimum absolute atomic E-state index is 0.257. The number of hydrogen-bond donors (Lipinski definition) is 0. The molecule has 6 nitrogen and oxygen atoms in total. The maximum atomic E-state index is 6.12. The minimum atomic E-state index is 0.257. The summed E-state index contributed by atoms with van der Waals surface area (Å²) in [6, 6.07) is 14.2. The average molecular weight is 381 g/mol. The van der Waals surface area contributed by atoms with Crippen molar-refractivity contribution in [3.8, 4) is 11.7 Å². The van der Waals surface area contributed by atoms with E-state index in [1.807, 2.05) is 55.7 Å². The number of benzene rings is 1. The molecule has 0 saturated heterocycles. The van der Waals surface area contributed by atoms with E-state index >= 15 is 0 Å². The third kappa shape index (κ3) is 4.77. The molecule has 6 heteroatoms. The van der Waals surface area contributed by atoms with Crippen molar-refractivity contribution in [1.29, 1.82) is 0 Å². The fourth-order valence-corrected chi connectivity index (χ4v) is 3.09. The molecule has 0 atom stereocenters. The largest absolute Gasteiger partial charge is 0.485 e. The summed E-state index contributed by atoms with van der Waals surface area (Å²) < 4.78 is 18.6. The topological polar surface area (TPSA) is 58.4 Å². The van der Waals surface area contributed by atoms with Crippen LogP contribution in [0.2, 0.25) is 0 Å². The van der Waals surface area contributed by atoms with E-state index < -0.39 is 0 Å². The minimum Gasteiger partial charge on any atom is -0.485 e. The van der Waals surface area contributed by atoms with Gasteiger partial charge in [-0.3, -0.25) is 4.57 Å². The first-order chi connectivity index (χ1) is 13.6. The van der Waals surface area contributed by atoms with Crippen LogP contribution in [0.1, 0.15) is 28.3 Å². The van der Waals surface area contributed by atoms with E-state index in [2.05, 4.69) is 12.1 Å². The van der Waals surface area contributed by atoms with Crippen molar-refractivity contribution in [2.24, 2.45) is 0 Å². The Balaban J connectivity index is 1.90. The fourth-order valence-electron chi connectivity index (χ4n) is 3.09. The number of hydrogen-bond acceptors (Lipinski definition) is 5. The van der Waals surface area contributed by atoms with E-state index in [1.54, 1.807) is 7.11 Å². The lowest BCUT2D eigenvalue weighted by molar-refractivity contribution is -0.0294. The van der Waals surface area contributed by atoms with Gasteiger partial charge in [-0.15, -0.1) is 0 Å². The van der Waals surface area contributed by atoms with Crippen LogP contribution in [0.3, 0.4) is 0 Å². The van der Waals surface area contributed by atoms with Gasteiger partial charge in [-0.25, -0.2) is 9.97 Å². The van der Waals surface area contributed by atoms with Crippen LogP contribution in [0.4, 0.5) is 0 Å². The van der Waals surface area contributed by atoms with E-state index in [9.17, 15) is 0 Å². The Labute approximate surface area is 166 Å². The van der Waals surface area contributed by atoms with Gasteiger partial charge < -0.3 is 14.2 Å². The Morgan fingerprint density at radius 1 is 0.929 bits per heavy atom. The van der Waals surface area contributed by atoms with Crippen molar-refractivity contribution in [2.45, 2.75) is 33.8 Å². The highest BCUT2D eigenvalue weighted by Crippen LogP contribution is 2.25. The number of methoxy groups -OCH3 is 1. The maximum Gasteiger partial charge on any atom is 0.234 e. The first kappa shape index (κ1) is 20.0. The maximum absolute atomic E-state index is 6.12. The van der Waals surface area contributed by atoms with Crippen molar-refractivity contribution in [3.63, 3.8) is 0 Å². The van der Waals surface area contributed by atoms with Crippen LogP contribution < -0.4 is 4.74 Å². The molecular weight excluding hydrogens is 354 g/mol. The van der Waals surface area contributed by atoms with Crippen molar-refractivity contribution < 1.29 is 14.2 Å². The quantitative estimate of drug-likeness (QED) is 0.415. The molecule has 0 aliphatic carbocycles.